The molecule has 3 atom stereocenters. The molecule has 0 aliphatic rings. The van der Waals surface area contributed by atoms with Crippen molar-refractivity contribution < 1.29 is 28.0 Å². The lowest BCUT2D eigenvalue weighted by atomic mass is 10.1. The third kappa shape index (κ3) is 23.6. The highest BCUT2D eigenvalue weighted by molar-refractivity contribution is 7.85. The van der Waals surface area contributed by atoms with Crippen LogP contribution in [0.15, 0.2) is 24.3 Å². The van der Waals surface area contributed by atoms with E-state index in [1.165, 1.54) is 70.3 Å². The molecule has 7 nitrogen and oxygen atoms in total. The van der Waals surface area contributed by atoms with Crippen LogP contribution < -0.4 is 5.32 Å². The van der Waals surface area contributed by atoms with Crippen molar-refractivity contribution in [1.29, 1.82) is 0 Å². The minimum absolute atomic E-state index is 0.250. The quantitative estimate of drug-likeness (QED) is 0.0610. The van der Waals surface area contributed by atoms with Crippen molar-refractivity contribution in [3.63, 3.8) is 0 Å². The van der Waals surface area contributed by atoms with E-state index in [4.69, 9.17) is 0 Å². The number of aliphatic hydroxyl groups is 2. The normalized spacial score (nSPS) is 14.8. The van der Waals surface area contributed by atoms with Gasteiger partial charge in [-0.2, -0.15) is 8.42 Å². The summed E-state index contributed by atoms with van der Waals surface area (Å²) < 4.78 is 32.0. The first kappa shape index (κ1) is 35.8. The number of hydrogen-bond donors (Lipinski definition) is 4. The molecule has 8 heteroatoms. The maximum atomic E-state index is 12.4. The van der Waals surface area contributed by atoms with Gasteiger partial charge in [0, 0.05) is 0 Å². The van der Waals surface area contributed by atoms with Gasteiger partial charge in [0.15, 0.2) is 0 Å². The van der Waals surface area contributed by atoms with Gasteiger partial charge in [0.1, 0.15) is 6.10 Å². The lowest BCUT2D eigenvalue weighted by molar-refractivity contribution is -0.130. The summed E-state index contributed by atoms with van der Waals surface area (Å²) in [5, 5.41) is 23.0. The van der Waals surface area contributed by atoms with Crippen LogP contribution in [0.5, 0.6) is 0 Å². The molecule has 0 aromatic heterocycles. The molecule has 0 saturated carbocycles. The summed E-state index contributed by atoms with van der Waals surface area (Å²) in [5.41, 5.74) is 0. The lowest BCUT2D eigenvalue weighted by Gasteiger charge is -2.22. The van der Waals surface area contributed by atoms with Crippen LogP contribution in [-0.2, 0) is 14.9 Å². The molecule has 3 unspecified atom stereocenters. The number of carbonyl (C=O) groups excluding carboxylic acids is 1. The third-order valence-corrected chi connectivity index (χ3v) is 7.26. The van der Waals surface area contributed by atoms with Crippen LogP contribution >= 0.6 is 0 Å². The molecular weight excluding hydrogens is 490 g/mol. The van der Waals surface area contributed by atoms with E-state index in [1.54, 1.807) is 6.08 Å². The molecule has 4 N–H and O–H groups in total. The molecule has 0 saturated heterocycles. The first-order valence-corrected chi connectivity index (χ1v) is 16.3. The van der Waals surface area contributed by atoms with Crippen molar-refractivity contribution in [2.24, 2.45) is 0 Å². The molecule has 0 fully saturated rings. The summed E-state index contributed by atoms with van der Waals surface area (Å²) >= 11 is 0. The minimum atomic E-state index is -4.43. The zero-order valence-corrected chi connectivity index (χ0v) is 24.3. The zero-order chi connectivity index (χ0) is 27.8. The Bertz CT molecular complexity index is 707. The Morgan fingerprint density at radius 2 is 1.19 bits per heavy atom. The van der Waals surface area contributed by atoms with Crippen LogP contribution in [-0.4, -0.2) is 53.1 Å². The molecule has 37 heavy (non-hydrogen) atoms. The summed E-state index contributed by atoms with van der Waals surface area (Å²) in [7, 11) is -4.43. The average Bonchev–Trinajstić information content (AvgIpc) is 2.84. The average molecular weight is 546 g/mol. The van der Waals surface area contributed by atoms with Crippen LogP contribution in [0, 0.1) is 0 Å². The molecule has 1 amide bonds. The van der Waals surface area contributed by atoms with Gasteiger partial charge in [-0.15, -0.1) is 0 Å². The van der Waals surface area contributed by atoms with Gasteiger partial charge in [0.05, 0.1) is 17.9 Å². The number of amides is 1. The molecule has 0 aromatic carbocycles. The van der Waals surface area contributed by atoms with Crippen molar-refractivity contribution in [2.45, 2.75) is 148 Å². The predicted molar refractivity (Wildman–Crippen MR) is 153 cm³/mol. The Labute approximate surface area is 227 Å². The second kappa shape index (κ2) is 23.9. The molecule has 0 rings (SSSR count). The fraction of sp³-hybridized carbons (Fsp3) is 0.828. The SMILES string of the molecule is CCCCCCCC/C=C\CCCCC(O)C(=O)NC(CS(=O)(=O)O)C(O)/C=C/CCCCCCCC. The number of aliphatic hydroxyl groups excluding tert-OH is 2. The van der Waals surface area contributed by atoms with E-state index in [1.807, 2.05) is 0 Å². The number of nitrogens with one attached hydrogen (secondary N) is 1. The van der Waals surface area contributed by atoms with Crippen molar-refractivity contribution in [3.05, 3.63) is 24.3 Å². The Morgan fingerprint density at radius 1 is 0.730 bits per heavy atom. The van der Waals surface area contributed by atoms with Crippen LogP contribution in [0.3, 0.4) is 0 Å². The van der Waals surface area contributed by atoms with E-state index < -0.39 is 40.0 Å². The standard InChI is InChI=1S/C29H55NO6S/c1-3-5-7-9-11-13-14-15-16-18-20-22-24-28(32)29(33)30-26(25-37(34,35)36)27(31)23-21-19-17-12-10-8-6-4-2/h15-16,21,23,26-28,31-32H,3-14,17-20,22,24-25H2,1-2H3,(H,30,33)(H,34,35,36)/b16-15-,23-21+. The largest absolute Gasteiger partial charge is 0.387 e. The minimum Gasteiger partial charge on any atom is -0.387 e. The van der Waals surface area contributed by atoms with Crippen molar-refractivity contribution in [1.82, 2.24) is 5.32 Å². The third-order valence-electron chi connectivity index (χ3n) is 6.48. The van der Waals surface area contributed by atoms with Gasteiger partial charge in [-0.3, -0.25) is 9.35 Å². The van der Waals surface area contributed by atoms with E-state index in [9.17, 15) is 28.0 Å². The number of unbranched alkanes of at least 4 members (excludes halogenated alkanes) is 14. The summed E-state index contributed by atoms with van der Waals surface area (Å²) in [4.78, 5) is 12.4. The second-order valence-electron chi connectivity index (χ2n) is 10.2. The van der Waals surface area contributed by atoms with Gasteiger partial charge in [0.2, 0.25) is 5.91 Å². The number of rotatable bonds is 25. The van der Waals surface area contributed by atoms with Gasteiger partial charge in [-0.1, -0.05) is 109 Å². The lowest BCUT2D eigenvalue weighted by Crippen LogP contribution is -2.50. The molecule has 0 aromatic rings. The van der Waals surface area contributed by atoms with Crippen molar-refractivity contribution in [2.75, 3.05) is 5.75 Å². The molecule has 218 valence electrons. The highest BCUT2D eigenvalue weighted by Gasteiger charge is 2.27. The van der Waals surface area contributed by atoms with Crippen LogP contribution in [0.1, 0.15) is 129 Å². The highest BCUT2D eigenvalue weighted by Crippen LogP contribution is 2.11. The molecule has 0 aliphatic carbocycles. The Kier molecular flexibility index (Phi) is 23.1. The Balaban J connectivity index is 4.31. The van der Waals surface area contributed by atoms with Gasteiger partial charge in [-0.25, -0.2) is 0 Å². The topological polar surface area (TPSA) is 124 Å². The zero-order valence-electron chi connectivity index (χ0n) is 23.5. The van der Waals surface area contributed by atoms with E-state index >= 15 is 0 Å². The molecular formula is C29H55NO6S. The first-order valence-electron chi connectivity index (χ1n) is 14.6. The Hall–Kier alpha value is -1.22. The van der Waals surface area contributed by atoms with Gasteiger partial charge in [-0.05, 0) is 44.9 Å². The predicted octanol–water partition coefficient (Wildman–Crippen LogP) is 6.25. The van der Waals surface area contributed by atoms with Crippen LogP contribution in [0.25, 0.3) is 0 Å². The molecule has 0 aliphatic heterocycles. The van der Waals surface area contributed by atoms with E-state index in [2.05, 4.69) is 31.3 Å². The maximum absolute atomic E-state index is 12.4. The molecule has 0 spiro atoms. The fourth-order valence-corrected chi connectivity index (χ4v) is 4.89. The molecule has 0 heterocycles. The van der Waals surface area contributed by atoms with Crippen molar-refractivity contribution in [3.8, 4) is 0 Å². The maximum Gasteiger partial charge on any atom is 0.267 e. The Morgan fingerprint density at radius 3 is 1.70 bits per heavy atom. The molecule has 0 bridgehead atoms. The fourth-order valence-electron chi connectivity index (χ4n) is 4.15. The van der Waals surface area contributed by atoms with E-state index in [0.717, 1.165) is 38.5 Å². The first-order chi connectivity index (χ1) is 17.7. The smallest absolute Gasteiger partial charge is 0.267 e. The summed E-state index contributed by atoms with van der Waals surface area (Å²) in [6, 6.07) is -1.23. The van der Waals surface area contributed by atoms with Gasteiger partial charge < -0.3 is 15.5 Å². The van der Waals surface area contributed by atoms with E-state index in [-0.39, 0.29) is 6.42 Å². The van der Waals surface area contributed by atoms with E-state index in [0.29, 0.717) is 6.42 Å². The second-order valence-corrected chi connectivity index (χ2v) is 11.7. The summed E-state index contributed by atoms with van der Waals surface area (Å²) in [6.07, 6.45) is 24.0. The summed E-state index contributed by atoms with van der Waals surface area (Å²) in [5.74, 6) is -1.56. The van der Waals surface area contributed by atoms with Gasteiger partial charge in [0.25, 0.3) is 10.1 Å². The number of hydrogen-bond acceptors (Lipinski definition) is 5. The number of carbonyl (C=O) groups is 1. The molecule has 0 radical (unpaired) electrons. The monoisotopic (exact) mass is 545 g/mol. The van der Waals surface area contributed by atoms with Gasteiger partial charge >= 0.3 is 0 Å². The van der Waals surface area contributed by atoms with Crippen LogP contribution in [0.2, 0.25) is 0 Å². The van der Waals surface area contributed by atoms with Crippen LogP contribution in [0.4, 0.5) is 0 Å². The van der Waals surface area contributed by atoms with Crippen molar-refractivity contribution >= 4 is 16.0 Å². The number of allylic oxidation sites excluding steroid dienone is 3. The highest BCUT2D eigenvalue weighted by atomic mass is 32.2. The summed E-state index contributed by atoms with van der Waals surface area (Å²) in [6.45, 7) is 4.39.